The summed E-state index contributed by atoms with van der Waals surface area (Å²) in [6, 6.07) is 8.37. The Morgan fingerprint density at radius 3 is 2.19 bits per heavy atom. The fourth-order valence-electron chi connectivity index (χ4n) is 1.44. The van der Waals surface area contributed by atoms with Gasteiger partial charge in [-0.3, -0.25) is 10.1 Å². The van der Waals surface area contributed by atoms with Gasteiger partial charge in [-0.05, 0) is 30.3 Å². The van der Waals surface area contributed by atoms with E-state index in [1.54, 1.807) is 0 Å². The summed E-state index contributed by atoms with van der Waals surface area (Å²) in [6.45, 7) is 0. The largest absolute Gasteiger partial charge is 0.377 e. The van der Waals surface area contributed by atoms with Crippen LogP contribution in [0.1, 0.15) is 0 Å². The topological polar surface area (TPSA) is 86.5 Å². The minimum absolute atomic E-state index is 0.0352. The van der Waals surface area contributed by atoms with E-state index in [4.69, 9.17) is 27.4 Å². The highest BCUT2D eigenvalue weighted by Gasteiger charge is 2.19. The summed E-state index contributed by atoms with van der Waals surface area (Å²) in [5.74, 6) is -0.0839. The number of hydrogen-bond acceptors (Lipinski definition) is 5. The molecule has 0 aliphatic heterocycles. The van der Waals surface area contributed by atoms with Crippen molar-refractivity contribution >= 4 is 39.0 Å². The van der Waals surface area contributed by atoms with Crippen molar-refractivity contribution in [2.24, 2.45) is 0 Å². The van der Waals surface area contributed by atoms with Crippen molar-refractivity contribution in [3.05, 3.63) is 62.6 Å². The first-order valence-corrected chi connectivity index (χ1v) is 7.60. The van der Waals surface area contributed by atoms with Gasteiger partial charge in [0.25, 0.3) is 5.69 Å². The first-order chi connectivity index (χ1) is 9.79. The molecule has 0 aliphatic carbocycles. The summed E-state index contributed by atoms with van der Waals surface area (Å²) in [6.07, 6.45) is 0. The third kappa shape index (κ3) is 3.63. The van der Waals surface area contributed by atoms with E-state index in [9.17, 15) is 18.5 Å². The summed E-state index contributed by atoms with van der Waals surface area (Å²) in [5, 5.41) is 10.9. The zero-order chi connectivity index (χ0) is 15.6. The van der Waals surface area contributed by atoms with Crippen LogP contribution in [0.25, 0.3) is 0 Å². The normalized spacial score (nSPS) is 11.1. The molecule has 0 radical (unpaired) electrons. The van der Waals surface area contributed by atoms with Gasteiger partial charge in [-0.25, -0.2) is 0 Å². The Morgan fingerprint density at radius 1 is 1.05 bits per heavy atom. The number of halogens is 2. The molecule has 9 heteroatoms. The Hall–Kier alpha value is -1.83. The first-order valence-electron chi connectivity index (χ1n) is 5.43. The highest BCUT2D eigenvalue weighted by Crippen LogP contribution is 2.30. The monoisotopic (exact) mass is 347 g/mol. The second-order valence-corrected chi connectivity index (χ2v) is 6.25. The molecular formula is C12H7Cl2NO5S. The average Bonchev–Trinajstić information content (AvgIpc) is 2.42. The molecule has 0 aliphatic rings. The Morgan fingerprint density at radius 2 is 1.67 bits per heavy atom. The van der Waals surface area contributed by atoms with Crippen LogP contribution in [-0.2, 0) is 10.1 Å². The maximum atomic E-state index is 12.0. The standard InChI is InChI=1S/C12H7Cl2NO5S/c13-8-1-6-12(11(14)7-8)20-21(18,19)10-4-2-9(3-5-10)15(16)17/h1-7H. The number of nitrogens with zero attached hydrogens (tertiary/aromatic N) is 1. The second kappa shape index (κ2) is 5.88. The predicted molar refractivity (Wildman–Crippen MR) is 77.4 cm³/mol. The highest BCUT2D eigenvalue weighted by molar-refractivity contribution is 7.87. The quantitative estimate of drug-likeness (QED) is 0.478. The molecule has 0 heterocycles. The SMILES string of the molecule is O=[N+]([O-])c1ccc(S(=O)(=O)Oc2ccc(Cl)cc2Cl)cc1. The van der Waals surface area contributed by atoms with Crippen LogP contribution in [0.4, 0.5) is 5.69 Å². The lowest BCUT2D eigenvalue weighted by Crippen LogP contribution is -2.10. The van der Waals surface area contributed by atoms with Crippen LogP contribution in [0.5, 0.6) is 5.75 Å². The molecule has 110 valence electrons. The van der Waals surface area contributed by atoms with Gasteiger partial charge in [-0.2, -0.15) is 8.42 Å². The van der Waals surface area contributed by atoms with Crippen molar-refractivity contribution in [3.8, 4) is 5.75 Å². The second-order valence-electron chi connectivity index (χ2n) is 3.86. The fourth-order valence-corrected chi connectivity index (χ4v) is 2.88. The van der Waals surface area contributed by atoms with E-state index in [-0.39, 0.29) is 21.4 Å². The highest BCUT2D eigenvalue weighted by atomic mass is 35.5. The zero-order valence-electron chi connectivity index (χ0n) is 10.2. The molecule has 0 saturated carbocycles. The Bertz CT molecular complexity index is 790. The van der Waals surface area contributed by atoms with Crippen molar-refractivity contribution in [1.82, 2.24) is 0 Å². The van der Waals surface area contributed by atoms with E-state index in [1.807, 2.05) is 0 Å². The molecule has 0 atom stereocenters. The number of non-ortho nitro benzene ring substituents is 1. The fraction of sp³-hybridized carbons (Fsp3) is 0. The smallest absolute Gasteiger partial charge is 0.339 e. The van der Waals surface area contributed by atoms with Crippen LogP contribution in [0.3, 0.4) is 0 Å². The minimum Gasteiger partial charge on any atom is -0.377 e. The van der Waals surface area contributed by atoms with Gasteiger partial charge >= 0.3 is 10.1 Å². The van der Waals surface area contributed by atoms with Gasteiger partial charge in [-0.15, -0.1) is 0 Å². The first kappa shape index (κ1) is 15.6. The lowest BCUT2D eigenvalue weighted by molar-refractivity contribution is -0.384. The molecule has 0 spiro atoms. The molecule has 0 unspecified atom stereocenters. The van der Waals surface area contributed by atoms with Gasteiger partial charge in [0.05, 0.1) is 9.95 Å². The Kier molecular flexibility index (Phi) is 4.36. The van der Waals surface area contributed by atoms with Crippen LogP contribution < -0.4 is 4.18 Å². The Labute approximate surface area is 130 Å². The van der Waals surface area contributed by atoms with Gasteiger partial charge in [-0.1, -0.05) is 23.2 Å². The maximum Gasteiger partial charge on any atom is 0.339 e. The van der Waals surface area contributed by atoms with Crippen molar-refractivity contribution < 1.29 is 17.5 Å². The van der Waals surface area contributed by atoms with Gasteiger partial charge in [0, 0.05) is 17.2 Å². The van der Waals surface area contributed by atoms with Gasteiger partial charge in [0.15, 0.2) is 5.75 Å². The molecule has 6 nitrogen and oxygen atoms in total. The van der Waals surface area contributed by atoms with Crippen LogP contribution in [0.2, 0.25) is 10.0 Å². The number of nitro benzene ring substituents is 1. The molecule has 2 aromatic rings. The molecule has 0 aromatic heterocycles. The van der Waals surface area contributed by atoms with Crippen molar-refractivity contribution in [3.63, 3.8) is 0 Å². The van der Waals surface area contributed by atoms with Crippen molar-refractivity contribution in [2.75, 3.05) is 0 Å². The van der Waals surface area contributed by atoms with E-state index >= 15 is 0 Å². The number of hydrogen-bond donors (Lipinski definition) is 0. The van der Waals surface area contributed by atoms with Crippen LogP contribution in [0.15, 0.2) is 47.4 Å². The Balaban J connectivity index is 2.31. The van der Waals surface area contributed by atoms with Gasteiger partial charge in [0.1, 0.15) is 4.90 Å². The molecule has 0 bridgehead atoms. The third-order valence-electron chi connectivity index (χ3n) is 2.43. The number of rotatable bonds is 4. The summed E-state index contributed by atoms with van der Waals surface area (Å²) in [7, 11) is -4.14. The van der Waals surface area contributed by atoms with E-state index < -0.39 is 15.0 Å². The zero-order valence-corrected chi connectivity index (χ0v) is 12.5. The summed E-state index contributed by atoms with van der Waals surface area (Å²) in [4.78, 5) is 9.67. The van der Waals surface area contributed by atoms with E-state index in [0.29, 0.717) is 5.02 Å². The van der Waals surface area contributed by atoms with Crippen LogP contribution >= 0.6 is 23.2 Å². The minimum atomic E-state index is -4.14. The van der Waals surface area contributed by atoms with E-state index in [1.165, 1.54) is 18.2 Å². The van der Waals surface area contributed by atoms with Gasteiger partial charge < -0.3 is 4.18 Å². The predicted octanol–water partition coefficient (Wildman–Crippen LogP) is 3.67. The molecule has 0 saturated heterocycles. The number of nitro groups is 1. The van der Waals surface area contributed by atoms with Crippen LogP contribution in [0, 0.1) is 10.1 Å². The lowest BCUT2D eigenvalue weighted by atomic mass is 10.3. The summed E-state index contributed by atoms with van der Waals surface area (Å²) >= 11 is 11.5. The lowest BCUT2D eigenvalue weighted by Gasteiger charge is -2.08. The van der Waals surface area contributed by atoms with E-state index in [2.05, 4.69) is 0 Å². The number of benzene rings is 2. The molecule has 21 heavy (non-hydrogen) atoms. The maximum absolute atomic E-state index is 12.0. The van der Waals surface area contributed by atoms with Crippen molar-refractivity contribution in [1.29, 1.82) is 0 Å². The summed E-state index contributed by atoms with van der Waals surface area (Å²) < 4.78 is 29.0. The molecule has 0 fully saturated rings. The van der Waals surface area contributed by atoms with E-state index in [0.717, 1.165) is 24.3 Å². The van der Waals surface area contributed by atoms with Gasteiger partial charge in [0.2, 0.25) is 0 Å². The molecule has 0 N–H and O–H groups in total. The third-order valence-corrected chi connectivity index (χ3v) is 4.21. The van der Waals surface area contributed by atoms with Crippen molar-refractivity contribution in [2.45, 2.75) is 4.90 Å². The molecule has 0 amide bonds. The molecular weight excluding hydrogens is 341 g/mol. The molecule has 2 aromatic carbocycles. The summed E-state index contributed by atoms with van der Waals surface area (Å²) in [5.41, 5.74) is -0.224. The van der Waals surface area contributed by atoms with Crippen LogP contribution in [-0.4, -0.2) is 13.3 Å². The average molecular weight is 348 g/mol. The molecule has 2 rings (SSSR count).